The Morgan fingerprint density at radius 3 is 2.90 bits per heavy atom. The van der Waals surface area contributed by atoms with E-state index in [-0.39, 0.29) is 5.91 Å². The zero-order valence-corrected chi connectivity index (χ0v) is 11.3. The molecular formula is C16H13N3O2. The lowest BCUT2D eigenvalue weighted by Gasteiger charge is -2.07. The highest BCUT2D eigenvalue weighted by atomic mass is 16.5. The van der Waals surface area contributed by atoms with Crippen LogP contribution < -0.4 is 15.3 Å². The molecule has 0 aliphatic carbocycles. The van der Waals surface area contributed by atoms with Gasteiger partial charge in [0.2, 0.25) is 11.8 Å². The maximum Gasteiger partial charge on any atom is 0.250 e. The molecule has 0 fully saturated rings. The molecule has 0 unspecified atom stereocenters. The summed E-state index contributed by atoms with van der Waals surface area (Å²) in [5.41, 5.74) is 0.814. The molecule has 0 saturated carbocycles. The van der Waals surface area contributed by atoms with Crippen molar-refractivity contribution in [2.45, 2.75) is 6.42 Å². The Bertz CT molecular complexity index is 812. The monoisotopic (exact) mass is 279 g/mol. The number of para-hydroxylation sites is 1. The van der Waals surface area contributed by atoms with E-state index in [1.807, 2.05) is 42.5 Å². The highest BCUT2D eigenvalue weighted by molar-refractivity contribution is 5.82. The van der Waals surface area contributed by atoms with E-state index in [0.29, 0.717) is 18.9 Å². The number of hydrogen-bond acceptors (Lipinski definition) is 4. The first-order valence-electron chi connectivity index (χ1n) is 6.60. The van der Waals surface area contributed by atoms with E-state index >= 15 is 0 Å². The van der Waals surface area contributed by atoms with E-state index in [1.54, 1.807) is 12.4 Å². The lowest BCUT2D eigenvalue weighted by Crippen LogP contribution is -2.28. The molecule has 2 aliphatic rings. The van der Waals surface area contributed by atoms with E-state index in [4.69, 9.17) is 4.74 Å². The number of aromatic nitrogens is 1. The van der Waals surface area contributed by atoms with Gasteiger partial charge >= 0.3 is 0 Å². The first kappa shape index (κ1) is 13.2. The standard InChI is InChI=1S/C9H7NO.C7H6N2O/c11-9-6-5-7-3-1-2-4-8(7)10-9;1-2-6-7(9-3-1)10-5-4-8-6/h1-5H,6H2;1-4H,5H2. The van der Waals surface area contributed by atoms with Gasteiger partial charge < -0.3 is 4.74 Å². The first-order chi connectivity index (χ1) is 10.3. The topological polar surface area (TPSA) is 63.9 Å². The van der Waals surface area contributed by atoms with Crippen molar-refractivity contribution in [3.63, 3.8) is 0 Å². The highest BCUT2D eigenvalue weighted by Crippen LogP contribution is 2.25. The number of hydrogen-bond donors (Lipinski definition) is 0. The largest absolute Gasteiger partial charge is 0.470 e. The summed E-state index contributed by atoms with van der Waals surface area (Å²) in [4.78, 5) is 22.8. The van der Waals surface area contributed by atoms with Crippen LogP contribution in [0, 0.1) is 0 Å². The third-order valence-corrected chi connectivity index (χ3v) is 2.95. The molecule has 3 heterocycles. The molecule has 0 N–H and O–H groups in total. The molecule has 5 heteroatoms. The quantitative estimate of drug-likeness (QED) is 0.727. The Balaban J connectivity index is 0.000000126. The van der Waals surface area contributed by atoms with E-state index in [9.17, 15) is 4.79 Å². The predicted molar refractivity (Wildman–Crippen MR) is 79.2 cm³/mol. The summed E-state index contributed by atoms with van der Waals surface area (Å²) in [6, 6.07) is 11.4. The van der Waals surface area contributed by atoms with Gasteiger partial charge in [-0.25, -0.2) is 9.98 Å². The van der Waals surface area contributed by atoms with Crippen LogP contribution >= 0.6 is 0 Å². The van der Waals surface area contributed by atoms with Crippen LogP contribution in [0.25, 0.3) is 6.08 Å². The fraction of sp³-hybridized carbons (Fsp3) is 0.125. The maximum absolute atomic E-state index is 10.8. The molecule has 0 spiro atoms. The lowest BCUT2D eigenvalue weighted by molar-refractivity contribution is -0.117. The van der Waals surface area contributed by atoms with E-state index < -0.39 is 0 Å². The van der Waals surface area contributed by atoms with Crippen LogP contribution in [-0.2, 0) is 4.79 Å². The average molecular weight is 279 g/mol. The Morgan fingerprint density at radius 1 is 1.10 bits per heavy atom. The Morgan fingerprint density at radius 2 is 2.00 bits per heavy atom. The van der Waals surface area contributed by atoms with Crippen molar-refractivity contribution in [2.24, 2.45) is 9.98 Å². The summed E-state index contributed by atoms with van der Waals surface area (Å²) in [5, 5.41) is 1.86. The number of nitrogens with zero attached hydrogens (tertiary/aromatic N) is 3. The number of rotatable bonds is 0. The number of aliphatic imine (C=N–C) groups is 1. The second-order valence-electron chi connectivity index (χ2n) is 4.42. The van der Waals surface area contributed by atoms with Gasteiger partial charge in [0.05, 0.1) is 5.36 Å². The van der Waals surface area contributed by atoms with Crippen LogP contribution in [0.1, 0.15) is 6.42 Å². The van der Waals surface area contributed by atoms with Gasteiger partial charge in [0, 0.05) is 18.8 Å². The minimum atomic E-state index is -0.0521. The summed E-state index contributed by atoms with van der Waals surface area (Å²) < 4.78 is 5.16. The fourth-order valence-electron chi connectivity index (χ4n) is 1.98. The Labute approximate surface area is 121 Å². The van der Waals surface area contributed by atoms with Crippen molar-refractivity contribution in [3.05, 3.63) is 53.2 Å². The SMILES string of the molecule is C1=Nc2cccnc2OC1.O=C1CC=c2ccccc2=N1. The predicted octanol–water partition coefficient (Wildman–Crippen LogP) is 1.19. The second kappa shape index (κ2) is 6.09. The van der Waals surface area contributed by atoms with Crippen molar-refractivity contribution in [1.29, 1.82) is 0 Å². The molecular weight excluding hydrogens is 266 g/mol. The Hall–Kier alpha value is -2.82. The van der Waals surface area contributed by atoms with Gasteiger partial charge in [-0.1, -0.05) is 24.3 Å². The minimum absolute atomic E-state index is 0.0521. The molecule has 2 aliphatic heterocycles. The van der Waals surface area contributed by atoms with Crippen LogP contribution in [0.15, 0.2) is 52.6 Å². The molecule has 1 aromatic heterocycles. The van der Waals surface area contributed by atoms with Gasteiger partial charge in [0.25, 0.3) is 0 Å². The minimum Gasteiger partial charge on any atom is -0.470 e. The van der Waals surface area contributed by atoms with Gasteiger partial charge in [0.1, 0.15) is 12.3 Å². The summed E-state index contributed by atoms with van der Waals surface area (Å²) in [7, 11) is 0. The maximum atomic E-state index is 10.8. The third-order valence-electron chi connectivity index (χ3n) is 2.95. The van der Waals surface area contributed by atoms with Crippen LogP contribution in [0.5, 0.6) is 5.88 Å². The van der Waals surface area contributed by atoms with E-state index in [1.165, 1.54) is 0 Å². The van der Waals surface area contributed by atoms with Crippen LogP contribution in [-0.4, -0.2) is 23.7 Å². The molecule has 21 heavy (non-hydrogen) atoms. The van der Waals surface area contributed by atoms with Gasteiger partial charge in [-0.05, 0) is 23.4 Å². The molecule has 1 amide bonds. The number of carbonyl (C=O) groups is 1. The number of carbonyl (C=O) groups excluding carboxylic acids is 1. The number of fused-ring (bicyclic) bond motifs is 2. The van der Waals surface area contributed by atoms with Crippen molar-refractivity contribution in [1.82, 2.24) is 4.98 Å². The zero-order valence-electron chi connectivity index (χ0n) is 11.3. The summed E-state index contributed by atoms with van der Waals surface area (Å²) >= 11 is 0. The average Bonchev–Trinajstić information content (AvgIpc) is 2.55. The lowest BCUT2D eigenvalue weighted by atomic mass is 10.2. The first-order valence-corrected chi connectivity index (χ1v) is 6.60. The molecule has 0 bridgehead atoms. The molecule has 4 rings (SSSR count). The second-order valence-corrected chi connectivity index (χ2v) is 4.42. The van der Waals surface area contributed by atoms with Gasteiger partial charge in [0.15, 0.2) is 0 Å². The smallest absolute Gasteiger partial charge is 0.250 e. The van der Waals surface area contributed by atoms with Gasteiger partial charge in [-0.3, -0.25) is 9.79 Å². The molecule has 0 atom stereocenters. The third kappa shape index (κ3) is 3.20. The summed E-state index contributed by atoms with van der Waals surface area (Å²) in [6.45, 7) is 0.532. The molecule has 0 radical (unpaired) electrons. The number of pyridine rings is 1. The van der Waals surface area contributed by atoms with Crippen molar-refractivity contribution in [2.75, 3.05) is 6.61 Å². The molecule has 1 aromatic carbocycles. The van der Waals surface area contributed by atoms with Gasteiger partial charge in [-0.2, -0.15) is 0 Å². The summed E-state index contributed by atoms with van der Waals surface area (Å²) in [5.74, 6) is 0.578. The number of amides is 1. The Kier molecular flexibility index (Phi) is 3.82. The van der Waals surface area contributed by atoms with E-state index in [0.717, 1.165) is 16.3 Å². The van der Waals surface area contributed by atoms with Crippen molar-refractivity contribution in [3.8, 4) is 5.88 Å². The van der Waals surface area contributed by atoms with Crippen LogP contribution in [0.3, 0.4) is 0 Å². The fourth-order valence-corrected chi connectivity index (χ4v) is 1.98. The van der Waals surface area contributed by atoms with E-state index in [2.05, 4.69) is 15.0 Å². The number of ether oxygens (including phenoxy) is 1. The van der Waals surface area contributed by atoms with Gasteiger partial charge in [-0.15, -0.1) is 0 Å². The zero-order chi connectivity index (χ0) is 14.5. The highest BCUT2D eigenvalue weighted by Gasteiger charge is 2.04. The van der Waals surface area contributed by atoms with Crippen LogP contribution in [0.4, 0.5) is 5.69 Å². The molecule has 2 aromatic rings. The molecule has 104 valence electrons. The van der Waals surface area contributed by atoms with Crippen LogP contribution in [0.2, 0.25) is 0 Å². The molecule has 5 nitrogen and oxygen atoms in total. The van der Waals surface area contributed by atoms with Crippen molar-refractivity contribution >= 4 is 23.9 Å². The normalized spacial score (nSPS) is 14.4. The summed E-state index contributed by atoms with van der Waals surface area (Å²) in [6.07, 6.45) is 5.77. The van der Waals surface area contributed by atoms with Crippen molar-refractivity contribution < 1.29 is 9.53 Å². The number of benzene rings is 1. The molecule has 0 saturated heterocycles.